The molecule has 0 aliphatic carbocycles. The zero-order valence-corrected chi connectivity index (χ0v) is 17.4. The molecule has 1 unspecified atom stereocenters. The van der Waals surface area contributed by atoms with Crippen LogP contribution in [0.25, 0.3) is 0 Å². The van der Waals surface area contributed by atoms with Gasteiger partial charge in [-0.25, -0.2) is 0 Å². The van der Waals surface area contributed by atoms with E-state index in [1.54, 1.807) is 14.2 Å². The summed E-state index contributed by atoms with van der Waals surface area (Å²) in [5.41, 5.74) is 2.07. The van der Waals surface area contributed by atoms with E-state index in [2.05, 4.69) is 54.5 Å². The fourth-order valence-corrected chi connectivity index (χ4v) is 4.43. The van der Waals surface area contributed by atoms with Gasteiger partial charge in [0.25, 0.3) is 0 Å². The van der Waals surface area contributed by atoms with E-state index >= 15 is 0 Å². The topological polar surface area (TPSA) is 18.5 Å². The van der Waals surface area contributed by atoms with E-state index < -0.39 is 0 Å². The number of rotatable bonds is 4. The van der Waals surface area contributed by atoms with Crippen LogP contribution in [-0.2, 0) is 0 Å². The van der Waals surface area contributed by atoms with E-state index in [1.807, 2.05) is 30.3 Å². The fourth-order valence-electron chi connectivity index (χ4n) is 1.96. The van der Waals surface area contributed by atoms with E-state index in [1.165, 1.54) is 0 Å². The van der Waals surface area contributed by atoms with E-state index in [0.29, 0.717) is 5.02 Å². The SMILES string of the molecule is COc1cc(C(Br)c2cc(Cl)ccc2I)c(OC)cc1Br. The first-order chi connectivity index (χ1) is 9.97. The minimum atomic E-state index is -0.0416. The van der Waals surface area contributed by atoms with Crippen molar-refractivity contribution in [2.75, 3.05) is 14.2 Å². The van der Waals surface area contributed by atoms with Crippen molar-refractivity contribution in [3.05, 3.63) is 54.5 Å². The smallest absolute Gasteiger partial charge is 0.133 e. The van der Waals surface area contributed by atoms with Crippen molar-refractivity contribution in [2.45, 2.75) is 4.83 Å². The normalized spacial score (nSPS) is 12.1. The highest BCUT2D eigenvalue weighted by Crippen LogP contribution is 2.43. The highest BCUT2D eigenvalue weighted by molar-refractivity contribution is 14.1. The Balaban J connectivity index is 2.56. The molecule has 1 atom stereocenters. The minimum absolute atomic E-state index is 0.0416. The molecule has 0 saturated carbocycles. The summed E-state index contributed by atoms with van der Waals surface area (Å²) in [5.74, 6) is 1.53. The summed E-state index contributed by atoms with van der Waals surface area (Å²) >= 11 is 15.6. The second-order valence-electron chi connectivity index (χ2n) is 4.26. The van der Waals surface area contributed by atoms with Crippen LogP contribution in [0, 0.1) is 3.57 Å². The third-order valence-corrected chi connectivity index (χ3v) is 5.83. The first kappa shape index (κ1) is 17.4. The van der Waals surface area contributed by atoms with Gasteiger partial charge in [-0.05, 0) is 74.4 Å². The summed E-state index contributed by atoms with van der Waals surface area (Å²) in [6.07, 6.45) is 0. The summed E-state index contributed by atoms with van der Waals surface area (Å²) in [6.45, 7) is 0. The average Bonchev–Trinajstić information content (AvgIpc) is 2.48. The standard InChI is InChI=1S/C15H12Br2ClIO2/c1-20-13-7-11(16)14(21-2)6-10(13)15(17)9-5-8(18)3-4-12(9)19/h3-7,15H,1-2H3. The maximum Gasteiger partial charge on any atom is 0.133 e. The van der Waals surface area contributed by atoms with Crippen molar-refractivity contribution in [1.29, 1.82) is 0 Å². The molecule has 2 rings (SSSR count). The molecule has 0 heterocycles. The number of ether oxygens (including phenoxy) is 2. The third kappa shape index (κ3) is 3.86. The zero-order valence-electron chi connectivity index (χ0n) is 11.3. The minimum Gasteiger partial charge on any atom is -0.496 e. The molecule has 2 nitrogen and oxygen atoms in total. The number of benzene rings is 2. The molecule has 0 aliphatic rings. The number of hydrogen-bond donors (Lipinski definition) is 0. The molecule has 0 spiro atoms. The van der Waals surface area contributed by atoms with Crippen molar-refractivity contribution >= 4 is 66.1 Å². The molecule has 2 aromatic rings. The van der Waals surface area contributed by atoms with Crippen molar-refractivity contribution in [1.82, 2.24) is 0 Å². The molecule has 0 fully saturated rings. The summed E-state index contributed by atoms with van der Waals surface area (Å²) in [5, 5.41) is 0.706. The fraction of sp³-hybridized carbons (Fsp3) is 0.200. The van der Waals surface area contributed by atoms with Crippen LogP contribution in [0.4, 0.5) is 0 Å². The zero-order chi connectivity index (χ0) is 15.6. The largest absolute Gasteiger partial charge is 0.496 e. The van der Waals surface area contributed by atoms with Crippen molar-refractivity contribution in [3.63, 3.8) is 0 Å². The quantitative estimate of drug-likeness (QED) is 0.336. The number of alkyl halides is 1. The Morgan fingerprint density at radius 2 is 1.71 bits per heavy atom. The molecular weight excluding hydrogens is 534 g/mol. The van der Waals surface area contributed by atoms with E-state index in [-0.39, 0.29) is 4.83 Å². The van der Waals surface area contributed by atoms with Crippen LogP contribution in [0.3, 0.4) is 0 Å². The average molecular weight is 546 g/mol. The van der Waals surface area contributed by atoms with E-state index in [9.17, 15) is 0 Å². The van der Waals surface area contributed by atoms with Gasteiger partial charge in [0.15, 0.2) is 0 Å². The Hall–Kier alpha value is 0.0200. The first-order valence-corrected chi connectivity index (χ1v) is 9.15. The predicted octanol–water partition coefficient (Wildman–Crippen LogP) is 6.21. The number of halogens is 4. The molecule has 2 aromatic carbocycles. The van der Waals surface area contributed by atoms with Crippen LogP contribution in [-0.4, -0.2) is 14.2 Å². The lowest BCUT2D eigenvalue weighted by molar-refractivity contribution is 0.397. The summed E-state index contributed by atoms with van der Waals surface area (Å²) < 4.78 is 12.8. The van der Waals surface area contributed by atoms with Crippen LogP contribution < -0.4 is 9.47 Å². The van der Waals surface area contributed by atoms with Crippen LogP contribution in [0.2, 0.25) is 5.02 Å². The van der Waals surface area contributed by atoms with Crippen LogP contribution in [0.1, 0.15) is 16.0 Å². The Morgan fingerprint density at radius 3 is 2.33 bits per heavy atom. The monoisotopic (exact) mass is 544 g/mol. The van der Waals surface area contributed by atoms with Gasteiger partial charge >= 0.3 is 0 Å². The Kier molecular flexibility index (Phi) is 6.23. The van der Waals surface area contributed by atoms with Crippen LogP contribution in [0.5, 0.6) is 11.5 Å². The van der Waals surface area contributed by atoms with Crippen molar-refractivity contribution in [3.8, 4) is 11.5 Å². The number of methoxy groups -OCH3 is 2. The molecule has 0 amide bonds. The predicted molar refractivity (Wildman–Crippen MR) is 102 cm³/mol. The molecule has 0 N–H and O–H groups in total. The lowest BCUT2D eigenvalue weighted by atomic mass is 10.0. The summed E-state index contributed by atoms with van der Waals surface area (Å²) in [6, 6.07) is 9.69. The molecule has 112 valence electrons. The Labute approximate surface area is 159 Å². The Bertz CT molecular complexity index is 664. The molecule has 0 aliphatic heterocycles. The van der Waals surface area contributed by atoms with Gasteiger partial charge in [0.05, 0.1) is 23.5 Å². The van der Waals surface area contributed by atoms with E-state index in [4.69, 9.17) is 21.1 Å². The Morgan fingerprint density at radius 1 is 1.05 bits per heavy atom. The lowest BCUT2D eigenvalue weighted by Crippen LogP contribution is -2.00. The van der Waals surface area contributed by atoms with Gasteiger partial charge in [-0.1, -0.05) is 27.5 Å². The van der Waals surface area contributed by atoms with Gasteiger partial charge in [-0.15, -0.1) is 0 Å². The summed E-state index contributed by atoms with van der Waals surface area (Å²) in [7, 11) is 3.29. The van der Waals surface area contributed by atoms with Crippen LogP contribution in [0.15, 0.2) is 34.8 Å². The van der Waals surface area contributed by atoms with E-state index in [0.717, 1.165) is 30.7 Å². The van der Waals surface area contributed by atoms with Gasteiger partial charge in [0.2, 0.25) is 0 Å². The molecule has 21 heavy (non-hydrogen) atoms. The third-order valence-electron chi connectivity index (χ3n) is 3.01. The van der Waals surface area contributed by atoms with Gasteiger partial charge in [-0.2, -0.15) is 0 Å². The van der Waals surface area contributed by atoms with Crippen LogP contribution >= 0.6 is 66.1 Å². The van der Waals surface area contributed by atoms with Gasteiger partial charge in [-0.3, -0.25) is 0 Å². The highest BCUT2D eigenvalue weighted by atomic mass is 127. The van der Waals surface area contributed by atoms with Gasteiger partial charge in [0.1, 0.15) is 11.5 Å². The second-order valence-corrected chi connectivity index (χ2v) is 7.63. The molecule has 0 bridgehead atoms. The first-order valence-electron chi connectivity index (χ1n) is 5.98. The van der Waals surface area contributed by atoms with Crippen molar-refractivity contribution in [2.24, 2.45) is 0 Å². The maximum absolute atomic E-state index is 6.12. The maximum atomic E-state index is 6.12. The molecular formula is C15H12Br2ClIO2. The molecule has 6 heteroatoms. The highest BCUT2D eigenvalue weighted by Gasteiger charge is 2.20. The van der Waals surface area contributed by atoms with Gasteiger partial charge in [0, 0.05) is 14.2 Å². The van der Waals surface area contributed by atoms with Crippen molar-refractivity contribution < 1.29 is 9.47 Å². The summed E-state index contributed by atoms with van der Waals surface area (Å²) in [4.78, 5) is -0.0416. The molecule has 0 radical (unpaired) electrons. The lowest BCUT2D eigenvalue weighted by Gasteiger charge is -2.18. The molecule has 0 aromatic heterocycles. The molecule has 0 saturated heterocycles. The number of hydrogen-bond acceptors (Lipinski definition) is 2. The second kappa shape index (κ2) is 7.53. The van der Waals surface area contributed by atoms with Gasteiger partial charge < -0.3 is 9.47 Å².